The van der Waals surface area contributed by atoms with Gasteiger partial charge in [-0.25, -0.2) is 4.57 Å². The second-order valence-corrected chi connectivity index (χ2v) is 6.32. The van der Waals surface area contributed by atoms with Crippen molar-refractivity contribution in [3.63, 3.8) is 0 Å². The first kappa shape index (κ1) is 19.8. The summed E-state index contributed by atoms with van der Waals surface area (Å²) in [6.07, 6.45) is 0. The lowest BCUT2D eigenvalue weighted by Crippen LogP contribution is -2.61. The van der Waals surface area contributed by atoms with Crippen LogP contribution in [-0.2, 0) is 18.4 Å². The number of rotatable bonds is 9. The summed E-state index contributed by atoms with van der Waals surface area (Å²) in [5.74, 6) is -4.57. The van der Waals surface area contributed by atoms with Gasteiger partial charge in [-0.05, 0) is 20.8 Å². The molecule has 0 saturated carbocycles. The van der Waals surface area contributed by atoms with E-state index in [-0.39, 0.29) is 0 Å². The molecule has 0 radical (unpaired) electrons. The number of nitrogens with two attached hydrogens (primary N) is 6. The maximum absolute atomic E-state index is 12.2. The molecular weight excluding hydrogens is 293 g/mol. The predicted octanol–water partition coefficient (Wildman–Crippen LogP) is -3.57. The molecule has 0 bridgehead atoms. The lowest BCUT2D eigenvalue weighted by atomic mass is 10.5. The summed E-state index contributed by atoms with van der Waals surface area (Å²) < 4.78 is 26.1. The van der Waals surface area contributed by atoms with Gasteiger partial charge in [0.05, 0.1) is 0 Å². The van der Waals surface area contributed by atoms with E-state index in [9.17, 15) is 4.57 Å². The average molecular weight is 317 g/mol. The lowest BCUT2D eigenvalue weighted by Gasteiger charge is -2.28. The molecule has 0 amide bonds. The summed E-state index contributed by atoms with van der Waals surface area (Å²) in [6, 6.07) is 0. The summed E-state index contributed by atoms with van der Waals surface area (Å²) >= 11 is 0. The fraction of sp³-hybridized carbons (Fsp3) is 1.00. The largest absolute Gasteiger partial charge is 0.524 e. The molecule has 122 valence electrons. The standard InChI is InChI=1S/C6H24N9O4P/c1-4(7,8)13-17-20(16,18-14-5(2,9)10)19-15-6(3,11)12/h13-15H,7-12H2,1-3H3. The molecule has 15 N–H and O–H groups in total. The Morgan fingerprint density at radius 2 is 0.900 bits per heavy atom. The van der Waals surface area contributed by atoms with Crippen LogP contribution in [0.25, 0.3) is 0 Å². The molecule has 0 spiro atoms. The van der Waals surface area contributed by atoms with Crippen LogP contribution in [0.3, 0.4) is 0 Å². The van der Waals surface area contributed by atoms with E-state index in [0.717, 1.165) is 0 Å². The summed E-state index contributed by atoms with van der Waals surface area (Å²) in [5, 5.41) is 0. The minimum atomic E-state index is -4.32. The highest BCUT2D eigenvalue weighted by Gasteiger charge is 2.34. The van der Waals surface area contributed by atoms with Gasteiger partial charge in [0, 0.05) is 0 Å². The first-order valence-electron chi connectivity index (χ1n) is 5.32. The van der Waals surface area contributed by atoms with Gasteiger partial charge in [-0.3, -0.25) is 34.4 Å². The van der Waals surface area contributed by atoms with Crippen LogP contribution in [0.15, 0.2) is 0 Å². The zero-order chi connectivity index (χ0) is 16.2. The van der Waals surface area contributed by atoms with Crippen LogP contribution in [0.1, 0.15) is 20.8 Å². The maximum atomic E-state index is 12.2. The van der Waals surface area contributed by atoms with Crippen molar-refractivity contribution in [2.45, 2.75) is 38.1 Å². The average Bonchev–Trinajstić information content (AvgIpc) is 2.18. The molecular formula is C6H24N9O4P. The Morgan fingerprint density at radius 3 is 1.05 bits per heavy atom. The maximum Gasteiger partial charge on any atom is 0.524 e. The van der Waals surface area contributed by atoms with Crippen molar-refractivity contribution < 1.29 is 18.4 Å². The SMILES string of the molecule is CC(N)(N)NOP(=O)(ONC(C)(N)N)ONC(C)(N)N. The van der Waals surface area contributed by atoms with Crippen LogP contribution in [0.4, 0.5) is 0 Å². The molecule has 14 heteroatoms. The Balaban J connectivity index is 4.71. The van der Waals surface area contributed by atoms with Gasteiger partial charge < -0.3 is 0 Å². The highest BCUT2D eigenvalue weighted by atomic mass is 31.2. The molecule has 0 rings (SSSR count). The molecule has 0 aliphatic heterocycles. The molecule has 0 aliphatic rings. The minimum absolute atomic E-state index is 1.32. The number of hydroxylamine groups is 3. The monoisotopic (exact) mass is 317 g/mol. The van der Waals surface area contributed by atoms with Crippen molar-refractivity contribution in [2.75, 3.05) is 0 Å². The van der Waals surface area contributed by atoms with Crippen LogP contribution < -0.4 is 50.8 Å². The number of hydrogen-bond acceptors (Lipinski definition) is 13. The second-order valence-electron chi connectivity index (χ2n) is 4.88. The Hall–Kier alpha value is -0.250. The molecule has 0 aromatic carbocycles. The van der Waals surface area contributed by atoms with Gasteiger partial charge in [0.25, 0.3) is 0 Å². The van der Waals surface area contributed by atoms with E-state index in [1.54, 1.807) is 0 Å². The van der Waals surface area contributed by atoms with Crippen LogP contribution in [0.5, 0.6) is 0 Å². The molecule has 0 aliphatic carbocycles. The Kier molecular flexibility index (Phi) is 6.59. The third-order valence-corrected chi connectivity index (χ3v) is 2.08. The highest BCUT2D eigenvalue weighted by Crippen LogP contribution is 2.46. The number of nitrogens with one attached hydrogen (secondary N) is 3. The van der Waals surface area contributed by atoms with Crippen molar-refractivity contribution in [2.24, 2.45) is 34.4 Å². The summed E-state index contributed by atoms with van der Waals surface area (Å²) in [4.78, 5) is 0. The van der Waals surface area contributed by atoms with Gasteiger partial charge in [-0.1, -0.05) is 0 Å². The van der Waals surface area contributed by atoms with Crippen LogP contribution in [-0.4, -0.2) is 17.4 Å². The predicted molar refractivity (Wildman–Crippen MR) is 70.6 cm³/mol. The summed E-state index contributed by atoms with van der Waals surface area (Å²) in [5.41, 5.74) is 38.4. The van der Waals surface area contributed by atoms with E-state index in [4.69, 9.17) is 34.4 Å². The van der Waals surface area contributed by atoms with Crippen molar-refractivity contribution >= 4 is 7.82 Å². The molecule has 0 unspecified atom stereocenters. The minimum Gasteiger partial charge on any atom is -0.300 e. The topological polar surface area (TPSA) is 237 Å². The number of hydrogen-bond donors (Lipinski definition) is 9. The van der Waals surface area contributed by atoms with Gasteiger partial charge >= 0.3 is 7.82 Å². The van der Waals surface area contributed by atoms with E-state index in [2.05, 4.69) is 13.9 Å². The van der Waals surface area contributed by atoms with E-state index >= 15 is 0 Å². The van der Waals surface area contributed by atoms with E-state index in [1.807, 2.05) is 16.4 Å². The molecule has 0 saturated heterocycles. The molecule has 0 aromatic rings. The highest BCUT2D eigenvalue weighted by molar-refractivity contribution is 7.48. The fourth-order valence-corrected chi connectivity index (χ4v) is 1.56. The van der Waals surface area contributed by atoms with Gasteiger partial charge in [0.15, 0.2) is 0 Å². The van der Waals surface area contributed by atoms with Crippen molar-refractivity contribution in [1.82, 2.24) is 16.4 Å². The first-order chi connectivity index (χ1) is 8.62. The third kappa shape index (κ3) is 11.6. The zero-order valence-corrected chi connectivity index (χ0v) is 12.4. The Morgan fingerprint density at radius 1 is 0.700 bits per heavy atom. The molecule has 20 heavy (non-hydrogen) atoms. The van der Waals surface area contributed by atoms with Gasteiger partial charge in [0.2, 0.25) is 0 Å². The first-order valence-corrected chi connectivity index (χ1v) is 6.79. The summed E-state index contributed by atoms with van der Waals surface area (Å²) in [7, 11) is -4.32. The Labute approximate surface area is 116 Å². The summed E-state index contributed by atoms with van der Waals surface area (Å²) in [6.45, 7) is 3.97. The van der Waals surface area contributed by atoms with E-state index in [0.29, 0.717) is 0 Å². The second kappa shape index (κ2) is 6.67. The Bertz CT molecular complexity index is 294. The molecule has 0 heterocycles. The van der Waals surface area contributed by atoms with Crippen molar-refractivity contribution in [1.29, 1.82) is 0 Å². The van der Waals surface area contributed by atoms with E-state index < -0.39 is 25.2 Å². The normalized spacial score (nSPS) is 14.7. The van der Waals surface area contributed by atoms with Crippen molar-refractivity contribution in [3.8, 4) is 0 Å². The van der Waals surface area contributed by atoms with Gasteiger partial charge in [-0.15, -0.1) is 0 Å². The quantitative estimate of drug-likeness (QED) is 0.114. The molecule has 0 aromatic heterocycles. The fourth-order valence-electron chi connectivity index (χ4n) is 0.519. The van der Waals surface area contributed by atoms with E-state index in [1.165, 1.54) is 20.8 Å². The van der Waals surface area contributed by atoms with Gasteiger partial charge in [0.1, 0.15) is 17.4 Å². The molecule has 13 nitrogen and oxygen atoms in total. The molecule has 0 atom stereocenters. The third-order valence-electron chi connectivity index (χ3n) is 1.13. The molecule has 0 fully saturated rings. The smallest absolute Gasteiger partial charge is 0.300 e. The van der Waals surface area contributed by atoms with Gasteiger partial charge in [-0.2, -0.15) is 30.3 Å². The van der Waals surface area contributed by atoms with Crippen LogP contribution >= 0.6 is 7.82 Å². The van der Waals surface area contributed by atoms with Crippen LogP contribution in [0.2, 0.25) is 0 Å². The lowest BCUT2D eigenvalue weighted by molar-refractivity contribution is -0.0382. The van der Waals surface area contributed by atoms with Crippen molar-refractivity contribution in [3.05, 3.63) is 0 Å². The zero-order valence-electron chi connectivity index (χ0n) is 11.5. The number of phosphoric acid groups is 1. The van der Waals surface area contributed by atoms with Crippen LogP contribution in [0, 0.1) is 0 Å².